The number of hydrogen-bond donors (Lipinski definition) is 1. The summed E-state index contributed by atoms with van der Waals surface area (Å²) in [6.45, 7) is 0.511. The molecule has 0 unspecified atom stereocenters. The van der Waals surface area contributed by atoms with E-state index in [-0.39, 0.29) is 6.04 Å². The molecule has 3 aromatic rings. The highest BCUT2D eigenvalue weighted by atomic mass is 32.2. The van der Waals surface area contributed by atoms with Gasteiger partial charge in [0.15, 0.2) is 0 Å². The van der Waals surface area contributed by atoms with E-state index in [0.717, 1.165) is 22.9 Å². The Morgan fingerprint density at radius 2 is 1.64 bits per heavy atom. The van der Waals surface area contributed by atoms with Crippen molar-refractivity contribution in [3.63, 3.8) is 0 Å². The molecular weight excluding hydrogens is 436 g/mol. The van der Waals surface area contributed by atoms with Gasteiger partial charge < -0.3 is 9.64 Å². The minimum absolute atomic E-state index is 0.365. The Morgan fingerprint density at radius 1 is 0.970 bits per heavy atom. The van der Waals surface area contributed by atoms with Gasteiger partial charge in [-0.3, -0.25) is 0 Å². The van der Waals surface area contributed by atoms with E-state index in [4.69, 9.17) is 4.74 Å². The van der Waals surface area contributed by atoms with Crippen LogP contribution in [0.1, 0.15) is 18.4 Å². The second-order valence-corrected chi connectivity index (χ2v) is 10.1. The van der Waals surface area contributed by atoms with E-state index < -0.39 is 22.2 Å². The number of carbonyl (C=O) groups is 1. The van der Waals surface area contributed by atoms with Gasteiger partial charge in [0.25, 0.3) is 0 Å². The summed E-state index contributed by atoms with van der Waals surface area (Å²) in [5.41, 5.74) is 3.21. The molecule has 33 heavy (non-hydrogen) atoms. The second kappa shape index (κ2) is 10.2. The van der Waals surface area contributed by atoms with E-state index in [1.165, 1.54) is 0 Å². The van der Waals surface area contributed by atoms with Crippen LogP contribution >= 0.6 is 0 Å². The number of ether oxygens (including phenoxy) is 1. The Bertz CT molecular complexity index is 1180. The highest BCUT2D eigenvalue weighted by Crippen LogP contribution is 2.26. The van der Waals surface area contributed by atoms with Crippen LogP contribution < -0.4 is 9.46 Å². The number of benzene rings is 3. The number of para-hydroxylation sites is 1. The van der Waals surface area contributed by atoms with E-state index in [1.807, 2.05) is 42.5 Å². The maximum atomic E-state index is 13.1. The van der Waals surface area contributed by atoms with E-state index in [1.54, 1.807) is 29.2 Å². The highest BCUT2D eigenvalue weighted by molar-refractivity contribution is 7.88. The Balaban J connectivity index is 1.61. The summed E-state index contributed by atoms with van der Waals surface area (Å²) in [6, 6.07) is 26.4. The van der Waals surface area contributed by atoms with Crippen LogP contribution in [0.25, 0.3) is 11.1 Å². The van der Waals surface area contributed by atoms with E-state index in [0.29, 0.717) is 31.6 Å². The predicted molar refractivity (Wildman–Crippen MR) is 130 cm³/mol. The summed E-state index contributed by atoms with van der Waals surface area (Å²) in [4.78, 5) is 14.8. The van der Waals surface area contributed by atoms with Crippen LogP contribution in [0.3, 0.4) is 0 Å². The van der Waals surface area contributed by atoms with Crippen molar-refractivity contribution in [1.29, 1.82) is 0 Å². The largest absolute Gasteiger partial charge is 0.415 e. The van der Waals surface area contributed by atoms with Crippen molar-refractivity contribution in [2.45, 2.75) is 31.3 Å². The average Bonchev–Trinajstić information content (AvgIpc) is 2.80. The highest BCUT2D eigenvalue weighted by Gasteiger charge is 2.37. The molecule has 1 saturated heterocycles. The number of carbonyl (C=O) groups excluding carboxylic acids is 1. The number of nitrogens with one attached hydrogen (secondary N) is 1. The van der Waals surface area contributed by atoms with Gasteiger partial charge in [0.05, 0.1) is 12.3 Å². The van der Waals surface area contributed by atoms with E-state index in [2.05, 4.69) is 22.9 Å². The molecule has 0 spiro atoms. The maximum Gasteiger partial charge on any atom is 0.415 e. The fraction of sp³-hybridized carbons (Fsp3) is 0.269. The van der Waals surface area contributed by atoms with Crippen LogP contribution in [0, 0.1) is 0 Å². The molecule has 1 aliphatic rings. The SMILES string of the molecule is CS(=O)(=O)N[C@@H]1CCCN(C(=O)Oc2ccccc2)[C@@H]1Cc1cccc(-c2ccccc2)c1. The fourth-order valence-corrected chi connectivity index (χ4v) is 5.17. The number of amides is 1. The van der Waals surface area contributed by atoms with E-state index >= 15 is 0 Å². The molecule has 172 valence electrons. The number of hydrogen-bond acceptors (Lipinski definition) is 4. The molecule has 1 fully saturated rings. The smallest absolute Gasteiger partial charge is 0.410 e. The van der Waals surface area contributed by atoms with Crippen LogP contribution in [0.4, 0.5) is 4.79 Å². The molecule has 0 aliphatic carbocycles. The lowest BCUT2D eigenvalue weighted by Crippen LogP contribution is -2.58. The first kappa shape index (κ1) is 23.0. The molecule has 1 heterocycles. The minimum atomic E-state index is -3.44. The van der Waals surface area contributed by atoms with Gasteiger partial charge in [-0.1, -0.05) is 72.8 Å². The first-order valence-electron chi connectivity index (χ1n) is 11.0. The molecule has 4 rings (SSSR count). The minimum Gasteiger partial charge on any atom is -0.410 e. The van der Waals surface area contributed by atoms with Crippen molar-refractivity contribution in [3.8, 4) is 16.9 Å². The molecule has 3 aromatic carbocycles. The van der Waals surface area contributed by atoms with Crippen LogP contribution in [0.5, 0.6) is 5.75 Å². The number of sulfonamides is 1. The quantitative estimate of drug-likeness (QED) is 0.584. The van der Waals surface area contributed by atoms with Crippen LogP contribution in [-0.4, -0.2) is 44.3 Å². The topological polar surface area (TPSA) is 75.7 Å². The van der Waals surface area contributed by atoms with Crippen LogP contribution in [0.2, 0.25) is 0 Å². The monoisotopic (exact) mass is 464 g/mol. The average molecular weight is 465 g/mol. The normalized spacial score (nSPS) is 18.6. The van der Waals surface area contributed by atoms with Crippen molar-refractivity contribution < 1.29 is 17.9 Å². The third-order valence-corrected chi connectivity index (χ3v) is 6.54. The Morgan fingerprint density at radius 3 is 2.33 bits per heavy atom. The summed E-state index contributed by atoms with van der Waals surface area (Å²) in [5, 5.41) is 0. The Kier molecular flexibility index (Phi) is 7.11. The van der Waals surface area contributed by atoms with Crippen molar-refractivity contribution >= 4 is 16.1 Å². The van der Waals surface area contributed by atoms with Gasteiger partial charge in [-0.15, -0.1) is 0 Å². The van der Waals surface area contributed by atoms with Gasteiger partial charge in [0, 0.05) is 12.6 Å². The molecule has 1 aliphatic heterocycles. The first-order chi connectivity index (χ1) is 15.9. The number of likely N-dealkylation sites (tertiary alicyclic amines) is 1. The summed E-state index contributed by atoms with van der Waals surface area (Å²) in [5.74, 6) is 0.463. The molecule has 0 radical (unpaired) electrons. The lowest BCUT2D eigenvalue weighted by molar-refractivity contribution is 0.0998. The van der Waals surface area contributed by atoms with Crippen molar-refractivity contribution in [2.24, 2.45) is 0 Å². The first-order valence-corrected chi connectivity index (χ1v) is 12.9. The van der Waals surface area contributed by atoms with E-state index in [9.17, 15) is 13.2 Å². The van der Waals surface area contributed by atoms with Crippen molar-refractivity contribution in [2.75, 3.05) is 12.8 Å². The zero-order chi connectivity index (χ0) is 23.3. The predicted octanol–water partition coefficient (Wildman–Crippen LogP) is 4.48. The zero-order valence-corrected chi connectivity index (χ0v) is 19.4. The van der Waals surface area contributed by atoms with Gasteiger partial charge in [-0.2, -0.15) is 0 Å². The van der Waals surface area contributed by atoms with Crippen LogP contribution in [-0.2, 0) is 16.4 Å². The lowest BCUT2D eigenvalue weighted by atomic mass is 9.90. The number of rotatable bonds is 6. The third-order valence-electron chi connectivity index (χ3n) is 5.81. The molecule has 6 nitrogen and oxygen atoms in total. The third kappa shape index (κ3) is 6.21. The maximum absolute atomic E-state index is 13.1. The molecule has 1 N–H and O–H groups in total. The van der Waals surface area contributed by atoms with Crippen molar-refractivity contribution in [3.05, 3.63) is 90.5 Å². The van der Waals surface area contributed by atoms with Gasteiger partial charge in [-0.05, 0) is 48.1 Å². The summed E-state index contributed by atoms with van der Waals surface area (Å²) < 4.78 is 32.5. The number of nitrogens with zero attached hydrogens (tertiary/aromatic N) is 1. The molecular formula is C26H28N2O4S. The summed E-state index contributed by atoms with van der Waals surface area (Å²) >= 11 is 0. The molecule has 2 atom stereocenters. The standard InChI is InChI=1S/C26H28N2O4S/c1-33(30,31)27-24-16-9-17-28(26(29)32-23-14-6-3-7-15-23)25(24)19-20-10-8-13-22(18-20)21-11-4-2-5-12-21/h2-8,10-15,18,24-25,27H,9,16-17,19H2,1H3/t24-,25-/m1/s1. The van der Waals surface area contributed by atoms with Crippen molar-refractivity contribution in [1.82, 2.24) is 9.62 Å². The fourth-order valence-electron chi connectivity index (χ4n) is 4.35. The summed E-state index contributed by atoms with van der Waals surface area (Å²) in [7, 11) is -3.44. The molecule has 0 aromatic heterocycles. The van der Waals surface area contributed by atoms with Gasteiger partial charge in [0.2, 0.25) is 10.0 Å². The molecule has 7 heteroatoms. The molecule has 0 bridgehead atoms. The zero-order valence-electron chi connectivity index (χ0n) is 18.6. The lowest BCUT2D eigenvalue weighted by Gasteiger charge is -2.40. The van der Waals surface area contributed by atoms with Gasteiger partial charge in [0.1, 0.15) is 5.75 Å². The van der Waals surface area contributed by atoms with Gasteiger partial charge >= 0.3 is 6.09 Å². The Labute approximate surface area is 195 Å². The van der Waals surface area contributed by atoms with Crippen LogP contribution in [0.15, 0.2) is 84.9 Å². The Hall–Kier alpha value is -3.16. The number of piperidine rings is 1. The second-order valence-electron chi connectivity index (χ2n) is 8.35. The molecule has 1 amide bonds. The van der Waals surface area contributed by atoms with Gasteiger partial charge in [-0.25, -0.2) is 17.9 Å². The molecule has 0 saturated carbocycles. The summed E-state index contributed by atoms with van der Waals surface area (Å²) in [6.07, 6.45) is 2.55.